The fourth-order valence-corrected chi connectivity index (χ4v) is 3.54. The van der Waals surface area contributed by atoms with E-state index >= 15 is 0 Å². The summed E-state index contributed by atoms with van der Waals surface area (Å²) >= 11 is 0. The molecule has 0 aromatic heterocycles. The van der Waals surface area contributed by atoms with Crippen molar-refractivity contribution < 1.29 is 14.3 Å². The minimum absolute atomic E-state index is 0. The van der Waals surface area contributed by atoms with Crippen LogP contribution in [0.1, 0.15) is 71.1 Å². The van der Waals surface area contributed by atoms with Gasteiger partial charge in [0.25, 0.3) is 0 Å². The summed E-state index contributed by atoms with van der Waals surface area (Å²) in [5.41, 5.74) is 0.675. The topological polar surface area (TPSA) is 50.8 Å². The van der Waals surface area contributed by atoms with Gasteiger partial charge < -0.3 is 14.4 Å². The first-order chi connectivity index (χ1) is 13.8. The maximum atomic E-state index is 12.1. The molecule has 6 heteroatoms. The Morgan fingerprint density at radius 2 is 1.69 bits per heavy atom. The van der Waals surface area contributed by atoms with E-state index < -0.39 is 6.09 Å². The minimum atomic E-state index is -0.408. The zero-order valence-corrected chi connectivity index (χ0v) is 18.8. The molecule has 1 amide bonds. The Labute approximate surface area is 182 Å². The predicted molar refractivity (Wildman–Crippen MR) is 122 cm³/mol. The lowest BCUT2D eigenvalue weighted by Crippen LogP contribution is -2.31. The van der Waals surface area contributed by atoms with Crippen LogP contribution >= 0.6 is 12.4 Å². The molecule has 1 aromatic carbocycles. The van der Waals surface area contributed by atoms with Crippen LogP contribution in [0.5, 0.6) is 5.75 Å². The Kier molecular flexibility index (Phi) is 14.4. The first-order valence-electron chi connectivity index (χ1n) is 11.2. The number of hydrogen-bond acceptors (Lipinski definition) is 4. The van der Waals surface area contributed by atoms with Gasteiger partial charge in [0.15, 0.2) is 0 Å². The Balaban J connectivity index is 0.00000420. The van der Waals surface area contributed by atoms with Crippen molar-refractivity contribution >= 4 is 24.2 Å². The molecule has 1 N–H and O–H groups in total. The second-order valence-electron chi connectivity index (χ2n) is 7.63. The zero-order valence-electron chi connectivity index (χ0n) is 18.0. The normalized spacial score (nSPS) is 14.1. The first kappa shape index (κ1) is 25.6. The molecule has 1 aliphatic rings. The van der Waals surface area contributed by atoms with Crippen LogP contribution < -0.4 is 10.1 Å². The van der Waals surface area contributed by atoms with Gasteiger partial charge in [-0.15, -0.1) is 12.4 Å². The van der Waals surface area contributed by atoms with Crippen molar-refractivity contribution in [1.29, 1.82) is 0 Å². The summed E-state index contributed by atoms with van der Waals surface area (Å²) in [6.45, 7) is 6.71. The van der Waals surface area contributed by atoms with E-state index in [1.165, 1.54) is 64.5 Å². The molecular weight excluding hydrogens is 388 g/mol. The van der Waals surface area contributed by atoms with E-state index in [0.717, 1.165) is 19.4 Å². The number of unbranched alkanes of at least 4 members (excludes halogenated alkanes) is 5. The summed E-state index contributed by atoms with van der Waals surface area (Å²) in [5.74, 6) is 0.710. The molecule has 0 unspecified atom stereocenters. The summed E-state index contributed by atoms with van der Waals surface area (Å²) in [6.07, 6.45) is 11.8. The monoisotopic (exact) mass is 426 g/mol. The molecule has 2 rings (SSSR count). The standard InChI is InChI=1S/C23H38N2O3.ClH/c1-2-3-4-5-6-12-19-27-22-15-9-8-14-21(22)24-23(26)28-20-13-18-25-16-10-7-11-17-25;/h8-9,14-15H,2-7,10-13,16-20H2,1H3,(H,24,26);1H. The summed E-state index contributed by atoms with van der Waals surface area (Å²) in [4.78, 5) is 14.5. The Morgan fingerprint density at radius 3 is 2.48 bits per heavy atom. The summed E-state index contributed by atoms with van der Waals surface area (Å²) in [7, 11) is 0. The number of carbonyl (C=O) groups is 1. The number of anilines is 1. The van der Waals surface area contributed by atoms with Crippen molar-refractivity contribution in [3.63, 3.8) is 0 Å². The van der Waals surface area contributed by atoms with E-state index in [4.69, 9.17) is 9.47 Å². The molecule has 0 atom stereocenters. The van der Waals surface area contributed by atoms with E-state index in [0.29, 0.717) is 24.7 Å². The van der Waals surface area contributed by atoms with Crippen LogP contribution in [-0.4, -0.2) is 43.8 Å². The van der Waals surface area contributed by atoms with E-state index in [-0.39, 0.29) is 12.4 Å². The second-order valence-corrected chi connectivity index (χ2v) is 7.63. The van der Waals surface area contributed by atoms with Crippen LogP contribution in [0.25, 0.3) is 0 Å². The van der Waals surface area contributed by atoms with Gasteiger partial charge >= 0.3 is 6.09 Å². The van der Waals surface area contributed by atoms with Crippen LogP contribution in [-0.2, 0) is 4.74 Å². The number of piperidine rings is 1. The molecule has 0 radical (unpaired) electrons. The molecule has 1 aliphatic heterocycles. The van der Waals surface area contributed by atoms with Gasteiger partial charge in [0, 0.05) is 6.54 Å². The number of amides is 1. The van der Waals surface area contributed by atoms with E-state index in [1.807, 2.05) is 24.3 Å². The van der Waals surface area contributed by atoms with Gasteiger partial charge in [-0.2, -0.15) is 0 Å². The van der Waals surface area contributed by atoms with Crippen molar-refractivity contribution in [2.45, 2.75) is 71.1 Å². The van der Waals surface area contributed by atoms with Crippen LogP contribution in [0.15, 0.2) is 24.3 Å². The number of nitrogens with one attached hydrogen (secondary N) is 1. The molecule has 1 fully saturated rings. The van der Waals surface area contributed by atoms with Gasteiger partial charge in [0.1, 0.15) is 5.75 Å². The van der Waals surface area contributed by atoms with E-state index in [9.17, 15) is 4.79 Å². The fraction of sp³-hybridized carbons (Fsp3) is 0.696. The number of ether oxygens (including phenoxy) is 2. The third-order valence-electron chi connectivity index (χ3n) is 5.18. The van der Waals surface area contributed by atoms with Crippen molar-refractivity contribution in [2.24, 2.45) is 0 Å². The molecule has 166 valence electrons. The predicted octanol–water partition coefficient (Wildman–Crippen LogP) is 6.27. The number of para-hydroxylation sites is 2. The molecule has 0 spiro atoms. The molecule has 5 nitrogen and oxygen atoms in total. The molecule has 1 saturated heterocycles. The van der Waals surface area contributed by atoms with Gasteiger partial charge in [-0.25, -0.2) is 4.79 Å². The smallest absolute Gasteiger partial charge is 0.411 e. The van der Waals surface area contributed by atoms with E-state index in [1.54, 1.807) is 0 Å². The van der Waals surface area contributed by atoms with Crippen LogP contribution in [0.2, 0.25) is 0 Å². The summed E-state index contributed by atoms with van der Waals surface area (Å²) in [6, 6.07) is 7.56. The molecule has 0 saturated carbocycles. The highest BCUT2D eigenvalue weighted by Crippen LogP contribution is 2.24. The number of likely N-dealkylation sites (tertiary alicyclic amines) is 1. The number of carbonyl (C=O) groups excluding carboxylic acids is 1. The lowest BCUT2D eigenvalue weighted by molar-refractivity contribution is 0.148. The maximum Gasteiger partial charge on any atom is 0.411 e. The van der Waals surface area contributed by atoms with Crippen molar-refractivity contribution in [1.82, 2.24) is 4.90 Å². The van der Waals surface area contributed by atoms with Gasteiger partial charge in [0.05, 0.1) is 18.9 Å². The third kappa shape index (κ3) is 11.3. The Bertz CT molecular complexity index is 551. The molecule has 1 aromatic rings. The van der Waals surface area contributed by atoms with E-state index in [2.05, 4.69) is 17.1 Å². The minimum Gasteiger partial charge on any atom is -0.491 e. The van der Waals surface area contributed by atoms with Crippen LogP contribution in [0.3, 0.4) is 0 Å². The fourth-order valence-electron chi connectivity index (χ4n) is 3.54. The van der Waals surface area contributed by atoms with Crippen LogP contribution in [0.4, 0.5) is 10.5 Å². The average Bonchev–Trinajstić information content (AvgIpc) is 2.72. The molecule has 0 aliphatic carbocycles. The Hall–Kier alpha value is -1.46. The largest absolute Gasteiger partial charge is 0.491 e. The van der Waals surface area contributed by atoms with Gasteiger partial charge in [-0.05, 0) is 50.9 Å². The highest BCUT2D eigenvalue weighted by molar-refractivity contribution is 5.86. The number of hydrogen-bond donors (Lipinski definition) is 1. The number of nitrogens with zero attached hydrogens (tertiary/aromatic N) is 1. The summed E-state index contributed by atoms with van der Waals surface area (Å²) in [5, 5.41) is 2.82. The van der Waals surface area contributed by atoms with Crippen molar-refractivity contribution in [2.75, 3.05) is 38.2 Å². The zero-order chi connectivity index (χ0) is 19.9. The molecule has 1 heterocycles. The van der Waals surface area contributed by atoms with Gasteiger partial charge in [-0.3, -0.25) is 5.32 Å². The highest BCUT2D eigenvalue weighted by Gasteiger charge is 2.11. The Morgan fingerprint density at radius 1 is 0.966 bits per heavy atom. The first-order valence-corrected chi connectivity index (χ1v) is 11.2. The van der Waals surface area contributed by atoms with Crippen molar-refractivity contribution in [3.05, 3.63) is 24.3 Å². The third-order valence-corrected chi connectivity index (χ3v) is 5.18. The molecular formula is C23H39ClN2O3. The van der Waals surface area contributed by atoms with Gasteiger partial charge in [-0.1, -0.05) is 57.6 Å². The molecule has 29 heavy (non-hydrogen) atoms. The molecule has 0 bridgehead atoms. The van der Waals surface area contributed by atoms with Crippen LogP contribution in [0, 0.1) is 0 Å². The maximum absolute atomic E-state index is 12.1. The average molecular weight is 427 g/mol. The number of rotatable bonds is 13. The SMILES string of the molecule is CCCCCCCCOc1ccccc1NC(=O)OCCCN1CCCCC1.Cl. The second kappa shape index (κ2) is 16.3. The lowest BCUT2D eigenvalue weighted by atomic mass is 10.1. The van der Waals surface area contributed by atoms with Crippen molar-refractivity contribution in [3.8, 4) is 5.75 Å². The number of halogens is 1. The summed E-state index contributed by atoms with van der Waals surface area (Å²) < 4.78 is 11.2. The van der Waals surface area contributed by atoms with Gasteiger partial charge in [0.2, 0.25) is 0 Å². The highest BCUT2D eigenvalue weighted by atomic mass is 35.5. The quantitative estimate of drug-likeness (QED) is 0.377. The lowest BCUT2D eigenvalue weighted by Gasteiger charge is -2.26. The number of benzene rings is 1.